The molecule has 4 heteroatoms. The van der Waals surface area contributed by atoms with E-state index >= 15 is 0 Å². The van der Waals surface area contributed by atoms with E-state index in [1.807, 2.05) is 6.07 Å². The summed E-state index contributed by atoms with van der Waals surface area (Å²) in [5.74, 6) is -0.224. The molecule has 2 heterocycles. The highest BCUT2D eigenvalue weighted by molar-refractivity contribution is 5.95. The number of benzene rings is 1. The zero-order valence-corrected chi connectivity index (χ0v) is 12.6. The number of hydrogen-bond acceptors (Lipinski definition) is 2. The molecule has 2 aromatic rings. The highest BCUT2D eigenvalue weighted by Gasteiger charge is 2.18. The SMILES string of the molecule is Cc1c(C)n(CC2CCOCC2)c2ccc(C(=O)O)cc12. The van der Waals surface area contributed by atoms with Crippen LogP contribution in [0, 0.1) is 19.8 Å². The maximum absolute atomic E-state index is 11.1. The predicted molar refractivity (Wildman–Crippen MR) is 81.9 cm³/mol. The Hall–Kier alpha value is -1.81. The molecular formula is C17H21NO3. The van der Waals surface area contributed by atoms with Crippen molar-refractivity contribution in [3.8, 4) is 0 Å². The van der Waals surface area contributed by atoms with Crippen LogP contribution in [0.5, 0.6) is 0 Å². The van der Waals surface area contributed by atoms with Gasteiger partial charge < -0.3 is 14.4 Å². The maximum atomic E-state index is 11.1. The molecule has 1 fully saturated rings. The van der Waals surface area contributed by atoms with E-state index in [4.69, 9.17) is 9.84 Å². The minimum Gasteiger partial charge on any atom is -0.478 e. The lowest BCUT2D eigenvalue weighted by molar-refractivity contribution is 0.0614. The summed E-state index contributed by atoms with van der Waals surface area (Å²) < 4.78 is 7.77. The van der Waals surface area contributed by atoms with E-state index < -0.39 is 5.97 Å². The van der Waals surface area contributed by atoms with Gasteiger partial charge in [0.25, 0.3) is 0 Å². The normalized spacial score (nSPS) is 16.5. The van der Waals surface area contributed by atoms with E-state index in [1.165, 1.54) is 11.3 Å². The van der Waals surface area contributed by atoms with Crippen LogP contribution in [0.15, 0.2) is 18.2 Å². The van der Waals surface area contributed by atoms with Crippen LogP contribution in [0.25, 0.3) is 10.9 Å². The van der Waals surface area contributed by atoms with Gasteiger partial charge in [0, 0.05) is 36.4 Å². The van der Waals surface area contributed by atoms with Crippen molar-refractivity contribution in [2.75, 3.05) is 13.2 Å². The van der Waals surface area contributed by atoms with Crippen LogP contribution in [0.4, 0.5) is 0 Å². The van der Waals surface area contributed by atoms with Gasteiger partial charge in [-0.2, -0.15) is 0 Å². The first kappa shape index (κ1) is 14.1. The Balaban J connectivity index is 2.01. The summed E-state index contributed by atoms with van der Waals surface area (Å²) in [6, 6.07) is 5.43. The Labute approximate surface area is 124 Å². The summed E-state index contributed by atoms with van der Waals surface area (Å²) in [7, 11) is 0. The van der Waals surface area contributed by atoms with Gasteiger partial charge >= 0.3 is 5.97 Å². The molecule has 1 saturated heterocycles. The molecule has 1 N–H and O–H groups in total. The number of fused-ring (bicyclic) bond motifs is 1. The van der Waals surface area contributed by atoms with E-state index in [2.05, 4.69) is 18.4 Å². The molecule has 0 radical (unpaired) electrons. The molecule has 0 saturated carbocycles. The van der Waals surface area contributed by atoms with Crippen LogP contribution in [0.3, 0.4) is 0 Å². The molecule has 0 spiro atoms. The molecule has 112 valence electrons. The lowest BCUT2D eigenvalue weighted by atomic mass is 10.0. The molecule has 3 rings (SSSR count). The molecule has 0 unspecified atom stereocenters. The van der Waals surface area contributed by atoms with Crippen LogP contribution in [-0.4, -0.2) is 28.9 Å². The smallest absolute Gasteiger partial charge is 0.335 e. The second kappa shape index (κ2) is 5.53. The molecule has 0 bridgehead atoms. The van der Waals surface area contributed by atoms with Crippen molar-refractivity contribution < 1.29 is 14.6 Å². The monoisotopic (exact) mass is 287 g/mol. The van der Waals surface area contributed by atoms with Gasteiger partial charge in [-0.05, 0) is 56.4 Å². The third kappa shape index (κ3) is 2.56. The van der Waals surface area contributed by atoms with Gasteiger partial charge in [0.1, 0.15) is 0 Å². The van der Waals surface area contributed by atoms with E-state index in [-0.39, 0.29) is 0 Å². The number of aromatic carboxylic acids is 1. The zero-order chi connectivity index (χ0) is 15.0. The van der Waals surface area contributed by atoms with E-state index in [0.29, 0.717) is 11.5 Å². The van der Waals surface area contributed by atoms with Crippen LogP contribution in [0.2, 0.25) is 0 Å². The topological polar surface area (TPSA) is 51.5 Å². The molecule has 0 aliphatic carbocycles. The predicted octanol–water partition coefficient (Wildman–Crippen LogP) is 3.38. The van der Waals surface area contributed by atoms with Gasteiger partial charge in [-0.1, -0.05) is 0 Å². The summed E-state index contributed by atoms with van der Waals surface area (Å²) in [6.45, 7) is 6.89. The number of aromatic nitrogens is 1. The highest BCUT2D eigenvalue weighted by Crippen LogP contribution is 2.29. The Bertz CT molecular complexity index is 681. The highest BCUT2D eigenvalue weighted by atomic mass is 16.5. The molecule has 4 nitrogen and oxygen atoms in total. The Morgan fingerprint density at radius 2 is 2.05 bits per heavy atom. The van der Waals surface area contributed by atoms with Gasteiger partial charge in [0.05, 0.1) is 5.56 Å². The maximum Gasteiger partial charge on any atom is 0.335 e. The number of carboxylic acids is 1. The Morgan fingerprint density at radius 1 is 1.33 bits per heavy atom. The van der Waals surface area contributed by atoms with Gasteiger partial charge in [0.15, 0.2) is 0 Å². The summed E-state index contributed by atoms with van der Waals surface area (Å²) in [5.41, 5.74) is 3.91. The molecule has 1 aromatic heterocycles. The second-order valence-electron chi connectivity index (χ2n) is 5.91. The Morgan fingerprint density at radius 3 is 2.71 bits per heavy atom. The van der Waals surface area contributed by atoms with E-state index in [1.54, 1.807) is 12.1 Å². The fraction of sp³-hybridized carbons (Fsp3) is 0.471. The molecule has 0 amide bonds. The van der Waals surface area contributed by atoms with Crippen LogP contribution in [-0.2, 0) is 11.3 Å². The van der Waals surface area contributed by atoms with Crippen molar-refractivity contribution in [1.29, 1.82) is 0 Å². The van der Waals surface area contributed by atoms with Gasteiger partial charge in [0.2, 0.25) is 0 Å². The summed E-state index contributed by atoms with van der Waals surface area (Å²) in [4.78, 5) is 11.1. The lowest BCUT2D eigenvalue weighted by Crippen LogP contribution is -2.20. The number of carbonyl (C=O) groups is 1. The molecule has 0 atom stereocenters. The van der Waals surface area contributed by atoms with Crippen molar-refractivity contribution in [1.82, 2.24) is 4.57 Å². The molecular weight excluding hydrogens is 266 g/mol. The molecule has 1 aliphatic rings. The Kier molecular flexibility index (Phi) is 3.72. The van der Waals surface area contributed by atoms with Crippen molar-refractivity contribution in [2.45, 2.75) is 33.2 Å². The number of nitrogens with zero attached hydrogens (tertiary/aromatic N) is 1. The standard InChI is InChI=1S/C17H21NO3/c1-11-12(2)18(10-13-5-7-21-8-6-13)16-4-3-14(17(19)20)9-15(11)16/h3-4,9,13H,5-8,10H2,1-2H3,(H,19,20). The van der Waals surface area contributed by atoms with Crippen LogP contribution >= 0.6 is 0 Å². The first-order chi connectivity index (χ1) is 10.1. The fourth-order valence-electron chi connectivity index (χ4n) is 3.21. The lowest BCUT2D eigenvalue weighted by Gasteiger charge is -2.23. The number of hydrogen-bond donors (Lipinski definition) is 1. The molecule has 1 aliphatic heterocycles. The summed E-state index contributed by atoms with van der Waals surface area (Å²) >= 11 is 0. The largest absolute Gasteiger partial charge is 0.478 e. The quantitative estimate of drug-likeness (QED) is 0.941. The third-order valence-electron chi connectivity index (χ3n) is 4.67. The third-order valence-corrected chi connectivity index (χ3v) is 4.67. The number of aryl methyl sites for hydroxylation is 1. The first-order valence-corrected chi connectivity index (χ1v) is 7.48. The summed E-state index contributed by atoms with van der Waals surface area (Å²) in [5, 5.41) is 10.2. The average molecular weight is 287 g/mol. The van der Waals surface area contributed by atoms with Crippen molar-refractivity contribution in [3.63, 3.8) is 0 Å². The number of carboxylic acid groups (broad SMARTS) is 1. The van der Waals surface area contributed by atoms with Crippen molar-refractivity contribution >= 4 is 16.9 Å². The second-order valence-corrected chi connectivity index (χ2v) is 5.91. The molecule has 1 aromatic carbocycles. The van der Waals surface area contributed by atoms with Crippen molar-refractivity contribution in [2.24, 2.45) is 5.92 Å². The fourth-order valence-corrected chi connectivity index (χ4v) is 3.21. The molecule has 21 heavy (non-hydrogen) atoms. The summed E-state index contributed by atoms with van der Waals surface area (Å²) in [6.07, 6.45) is 2.21. The van der Waals surface area contributed by atoms with Gasteiger partial charge in [-0.25, -0.2) is 4.79 Å². The van der Waals surface area contributed by atoms with E-state index in [9.17, 15) is 4.79 Å². The minimum atomic E-state index is -0.869. The number of rotatable bonds is 3. The first-order valence-electron chi connectivity index (χ1n) is 7.48. The zero-order valence-electron chi connectivity index (χ0n) is 12.6. The average Bonchev–Trinajstić information content (AvgIpc) is 2.73. The minimum absolute atomic E-state index is 0.355. The van der Waals surface area contributed by atoms with Gasteiger partial charge in [-0.15, -0.1) is 0 Å². The van der Waals surface area contributed by atoms with Crippen LogP contribution < -0.4 is 0 Å². The van der Waals surface area contributed by atoms with Crippen LogP contribution in [0.1, 0.15) is 34.5 Å². The number of ether oxygens (including phenoxy) is 1. The van der Waals surface area contributed by atoms with Gasteiger partial charge in [-0.3, -0.25) is 0 Å². The van der Waals surface area contributed by atoms with Crippen molar-refractivity contribution in [3.05, 3.63) is 35.0 Å². The van der Waals surface area contributed by atoms with E-state index in [0.717, 1.165) is 43.5 Å².